The predicted octanol–water partition coefficient (Wildman–Crippen LogP) is 4.79. The van der Waals surface area contributed by atoms with E-state index in [1.165, 1.54) is 5.56 Å². The summed E-state index contributed by atoms with van der Waals surface area (Å²) in [5.41, 5.74) is 11.1. The van der Waals surface area contributed by atoms with Crippen LogP contribution < -0.4 is 11.1 Å². The molecule has 1 fully saturated rings. The number of aromatic amines is 1. The quantitative estimate of drug-likeness (QED) is 0.375. The molecule has 1 aliphatic rings. The first kappa shape index (κ1) is 22.3. The van der Waals surface area contributed by atoms with Crippen LogP contribution in [0.15, 0.2) is 73.1 Å². The molecule has 0 radical (unpaired) electrons. The van der Waals surface area contributed by atoms with Crippen LogP contribution in [0.4, 0.5) is 0 Å². The number of rotatable bonds is 7. The van der Waals surface area contributed by atoms with Crippen LogP contribution in [0.3, 0.4) is 0 Å². The molecule has 0 saturated heterocycles. The summed E-state index contributed by atoms with van der Waals surface area (Å²) in [7, 11) is 0. The number of H-pyrrole nitrogens is 1. The number of nitrogens with one attached hydrogen (secondary N) is 2. The summed E-state index contributed by atoms with van der Waals surface area (Å²) < 4.78 is 0. The molecule has 4 N–H and O–H groups in total. The van der Waals surface area contributed by atoms with Gasteiger partial charge in [-0.2, -0.15) is 5.10 Å². The van der Waals surface area contributed by atoms with Gasteiger partial charge in [-0.3, -0.25) is 14.9 Å². The Morgan fingerprint density at radius 3 is 2.62 bits per heavy atom. The van der Waals surface area contributed by atoms with E-state index in [2.05, 4.69) is 50.8 Å². The average molecular weight is 454 g/mol. The van der Waals surface area contributed by atoms with Crippen LogP contribution in [0.5, 0.6) is 0 Å². The lowest BCUT2D eigenvalue weighted by Gasteiger charge is -2.28. The standard InChI is InChI=1S/C28H31N5O/c29-17-20-6-8-21(9-7-20)28(34)32-27(14-19-4-2-1-3-5-19)26-16-23(12-13-30-26)22-10-11-25-24(15-22)18-31-33-25/h1-5,10-13,15-16,18,20-21,27H,6-9,14,17,29H2,(H,31,33)(H,32,34). The van der Waals surface area contributed by atoms with Gasteiger partial charge < -0.3 is 11.1 Å². The minimum atomic E-state index is -0.195. The van der Waals surface area contributed by atoms with E-state index in [9.17, 15) is 4.79 Å². The smallest absolute Gasteiger partial charge is 0.223 e. The zero-order valence-electron chi connectivity index (χ0n) is 19.3. The van der Waals surface area contributed by atoms with Gasteiger partial charge in [-0.1, -0.05) is 36.4 Å². The molecule has 0 bridgehead atoms. The maximum absolute atomic E-state index is 13.3. The molecule has 1 unspecified atom stereocenters. The molecule has 6 heteroatoms. The Labute approximate surface area is 200 Å². The summed E-state index contributed by atoms with van der Waals surface area (Å²) in [5.74, 6) is 0.728. The van der Waals surface area contributed by atoms with E-state index >= 15 is 0 Å². The van der Waals surface area contributed by atoms with Gasteiger partial charge >= 0.3 is 0 Å². The molecule has 5 rings (SSSR count). The summed E-state index contributed by atoms with van der Waals surface area (Å²) in [6, 6.07) is 20.4. The van der Waals surface area contributed by atoms with Crippen molar-refractivity contribution in [2.75, 3.05) is 6.54 Å². The van der Waals surface area contributed by atoms with Gasteiger partial charge in [-0.05, 0) is 85.5 Å². The zero-order chi connectivity index (χ0) is 23.3. The molecule has 2 aromatic carbocycles. The topological polar surface area (TPSA) is 96.7 Å². The zero-order valence-corrected chi connectivity index (χ0v) is 19.3. The van der Waals surface area contributed by atoms with E-state index in [0.29, 0.717) is 18.9 Å². The number of carbonyl (C=O) groups excluding carboxylic acids is 1. The third-order valence-corrected chi connectivity index (χ3v) is 7.06. The van der Waals surface area contributed by atoms with E-state index in [-0.39, 0.29) is 17.9 Å². The van der Waals surface area contributed by atoms with Crippen LogP contribution in [0.1, 0.15) is 43.0 Å². The van der Waals surface area contributed by atoms with Crippen LogP contribution in [-0.4, -0.2) is 27.6 Å². The van der Waals surface area contributed by atoms with Gasteiger partial charge in [0.2, 0.25) is 5.91 Å². The number of aromatic nitrogens is 3. The van der Waals surface area contributed by atoms with Crippen molar-refractivity contribution in [1.29, 1.82) is 0 Å². The van der Waals surface area contributed by atoms with Crippen molar-refractivity contribution in [3.05, 3.63) is 84.3 Å². The first-order valence-electron chi connectivity index (χ1n) is 12.1. The van der Waals surface area contributed by atoms with Crippen molar-refractivity contribution in [2.24, 2.45) is 17.6 Å². The van der Waals surface area contributed by atoms with Gasteiger partial charge in [0, 0.05) is 17.5 Å². The highest BCUT2D eigenvalue weighted by Crippen LogP contribution is 2.30. The molecular formula is C28H31N5O. The number of fused-ring (bicyclic) bond motifs is 1. The van der Waals surface area contributed by atoms with Crippen LogP contribution in [0, 0.1) is 11.8 Å². The molecule has 6 nitrogen and oxygen atoms in total. The van der Waals surface area contributed by atoms with E-state index < -0.39 is 0 Å². The second-order valence-electron chi connectivity index (χ2n) is 9.35. The molecule has 1 saturated carbocycles. The minimum Gasteiger partial charge on any atom is -0.347 e. The normalized spacial score (nSPS) is 19.1. The molecule has 0 aliphatic heterocycles. The second kappa shape index (κ2) is 10.2. The fraction of sp³-hybridized carbons (Fsp3) is 0.321. The van der Waals surface area contributed by atoms with Crippen LogP contribution in [-0.2, 0) is 11.2 Å². The molecule has 1 atom stereocenters. The number of amides is 1. The highest BCUT2D eigenvalue weighted by atomic mass is 16.1. The Hall–Kier alpha value is -3.51. The Bertz CT molecular complexity index is 1240. The maximum atomic E-state index is 13.3. The van der Waals surface area contributed by atoms with E-state index in [4.69, 9.17) is 5.73 Å². The summed E-state index contributed by atoms with van der Waals surface area (Å²) in [5, 5.41) is 11.5. The van der Waals surface area contributed by atoms with Crippen molar-refractivity contribution in [3.8, 4) is 11.1 Å². The molecule has 34 heavy (non-hydrogen) atoms. The summed E-state index contributed by atoms with van der Waals surface area (Å²) in [6.07, 6.45) is 8.24. The van der Waals surface area contributed by atoms with Crippen molar-refractivity contribution < 1.29 is 4.79 Å². The molecular weight excluding hydrogens is 422 g/mol. The molecule has 2 heterocycles. The minimum absolute atomic E-state index is 0.0488. The highest BCUT2D eigenvalue weighted by Gasteiger charge is 2.28. The summed E-state index contributed by atoms with van der Waals surface area (Å²) in [4.78, 5) is 17.9. The lowest BCUT2D eigenvalue weighted by Crippen LogP contribution is -2.37. The Morgan fingerprint density at radius 1 is 1.03 bits per heavy atom. The number of nitrogens with zero attached hydrogens (tertiary/aromatic N) is 2. The number of nitrogens with two attached hydrogens (primary N) is 1. The number of benzene rings is 2. The lowest BCUT2D eigenvalue weighted by atomic mass is 9.81. The first-order chi connectivity index (χ1) is 16.7. The molecule has 174 valence electrons. The summed E-state index contributed by atoms with van der Waals surface area (Å²) in [6.45, 7) is 0.715. The molecule has 4 aromatic rings. The van der Waals surface area contributed by atoms with Crippen molar-refractivity contribution in [3.63, 3.8) is 0 Å². The van der Waals surface area contributed by atoms with Crippen LogP contribution >= 0.6 is 0 Å². The maximum Gasteiger partial charge on any atom is 0.223 e. The van der Waals surface area contributed by atoms with Gasteiger partial charge in [-0.15, -0.1) is 0 Å². The van der Waals surface area contributed by atoms with Crippen molar-refractivity contribution in [2.45, 2.75) is 38.1 Å². The molecule has 0 spiro atoms. The average Bonchev–Trinajstić information content (AvgIpc) is 3.37. The molecule has 2 aromatic heterocycles. The van der Waals surface area contributed by atoms with Crippen LogP contribution in [0.2, 0.25) is 0 Å². The van der Waals surface area contributed by atoms with Gasteiger partial charge in [0.05, 0.1) is 23.4 Å². The Kier molecular flexibility index (Phi) is 6.67. The van der Waals surface area contributed by atoms with Gasteiger partial charge in [-0.25, -0.2) is 0 Å². The number of hydrogen-bond donors (Lipinski definition) is 3. The Balaban J connectivity index is 1.40. The highest BCUT2D eigenvalue weighted by molar-refractivity contribution is 5.84. The van der Waals surface area contributed by atoms with Crippen molar-refractivity contribution >= 4 is 16.8 Å². The molecule has 1 aliphatic carbocycles. The first-order valence-corrected chi connectivity index (χ1v) is 12.1. The number of pyridine rings is 1. The largest absolute Gasteiger partial charge is 0.347 e. The SMILES string of the molecule is NCC1CCC(C(=O)NC(Cc2ccccc2)c2cc(-c3ccc4[nH]ncc4c3)ccn2)CC1. The Morgan fingerprint density at radius 2 is 1.82 bits per heavy atom. The fourth-order valence-corrected chi connectivity index (χ4v) is 4.97. The lowest BCUT2D eigenvalue weighted by molar-refractivity contribution is -0.127. The van der Waals surface area contributed by atoms with Gasteiger partial charge in [0.1, 0.15) is 0 Å². The monoisotopic (exact) mass is 453 g/mol. The predicted molar refractivity (Wildman–Crippen MR) is 135 cm³/mol. The fourth-order valence-electron chi connectivity index (χ4n) is 4.97. The van der Waals surface area contributed by atoms with Gasteiger partial charge in [0.15, 0.2) is 0 Å². The number of carbonyl (C=O) groups is 1. The van der Waals surface area contributed by atoms with Crippen LogP contribution in [0.25, 0.3) is 22.0 Å². The van der Waals surface area contributed by atoms with E-state index in [0.717, 1.165) is 53.4 Å². The number of hydrogen-bond acceptors (Lipinski definition) is 4. The van der Waals surface area contributed by atoms with E-state index in [1.807, 2.05) is 42.7 Å². The third-order valence-electron chi connectivity index (χ3n) is 7.06. The van der Waals surface area contributed by atoms with E-state index in [1.54, 1.807) is 0 Å². The molecule has 1 amide bonds. The van der Waals surface area contributed by atoms with Crippen molar-refractivity contribution in [1.82, 2.24) is 20.5 Å². The second-order valence-corrected chi connectivity index (χ2v) is 9.35. The van der Waals surface area contributed by atoms with Gasteiger partial charge in [0.25, 0.3) is 0 Å². The summed E-state index contributed by atoms with van der Waals surface area (Å²) >= 11 is 0. The third kappa shape index (κ3) is 5.02.